The molecule has 25 heavy (non-hydrogen) atoms. The number of rotatable bonds is 6. The summed E-state index contributed by atoms with van der Waals surface area (Å²) in [5.41, 5.74) is 4.42. The van der Waals surface area contributed by atoms with Crippen molar-refractivity contribution in [1.29, 1.82) is 0 Å². The molecule has 0 aliphatic rings. The van der Waals surface area contributed by atoms with Gasteiger partial charge in [-0.1, -0.05) is 12.1 Å². The van der Waals surface area contributed by atoms with Crippen LogP contribution in [0.2, 0.25) is 0 Å². The maximum atomic E-state index is 5.43. The highest BCUT2D eigenvalue weighted by Gasteiger charge is 2.14. The number of ether oxygens (including phenoxy) is 4. The minimum absolute atomic E-state index is 0.712. The van der Waals surface area contributed by atoms with E-state index < -0.39 is 0 Å². The van der Waals surface area contributed by atoms with Crippen LogP contribution in [0, 0.1) is 0 Å². The van der Waals surface area contributed by atoms with Crippen molar-refractivity contribution in [1.82, 2.24) is 0 Å². The first-order valence-corrected chi connectivity index (χ1v) is 8.67. The Labute approximate surface area is 151 Å². The highest BCUT2D eigenvalue weighted by Crippen LogP contribution is 2.41. The van der Waals surface area contributed by atoms with Crippen molar-refractivity contribution in [2.45, 2.75) is 0 Å². The third-order valence-corrected chi connectivity index (χ3v) is 4.79. The van der Waals surface area contributed by atoms with Crippen LogP contribution in [0.5, 0.6) is 23.0 Å². The lowest BCUT2D eigenvalue weighted by Gasteiger charge is -2.12. The van der Waals surface area contributed by atoms with Gasteiger partial charge in [-0.05, 0) is 46.2 Å². The highest BCUT2D eigenvalue weighted by atomic mass is 32.1. The van der Waals surface area contributed by atoms with E-state index in [9.17, 15) is 0 Å². The zero-order chi connectivity index (χ0) is 17.8. The summed E-state index contributed by atoms with van der Waals surface area (Å²) in [5.74, 6) is 2.86. The number of methoxy groups -OCH3 is 4. The van der Waals surface area contributed by atoms with Gasteiger partial charge in [0, 0.05) is 11.1 Å². The Kier molecular flexibility index (Phi) is 5.14. The molecule has 2 aromatic carbocycles. The largest absolute Gasteiger partial charge is 0.493 e. The Balaban J connectivity index is 2.07. The Hall–Kier alpha value is -2.66. The van der Waals surface area contributed by atoms with Crippen molar-refractivity contribution in [3.8, 4) is 45.3 Å². The molecule has 4 nitrogen and oxygen atoms in total. The third-order valence-electron chi connectivity index (χ3n) is 4.05. The smallest absolute Gasteiger partial charge is 0.161 e. The van der Waals surface area contributed by atoms with Crippen molar-refractivity contribution in [2.24, 2.45) is 0 Å². The fourth-order valence-electron chi connectivity index (χ4n) is 2.75. The van der Waals surface area contributed by atoms with Crippen LogP contribution in [0.3, 0.4) is 0 Å². The molecule has 0 fully saturated rings. The average molecular weight is 356 g/mol. The molecule has 0 saturated carbocycles. The summed E-state index contributed by atoms with van der Waals surface area (Å²) in [4.78, 5) is 0. The third kappa shape index (κ3) is 3.28. The van der Waals surface area contributed by atoms with Crippen molar-refractivity contribution < 1.29 is 18.9 Å². The average Bonchev–Trinajstić information content (AvgIpc) is 3.16. The summed E-state index contributed by atoms with van der Waals surface area (Å²) < 4.78 is 21.5. The van der Waals surface area contributed by atoms with Gasteiger partial charge in [0.15, 0.2) is 23.0 Å². The molecular weight excluding hydrogens is 336 g/mol. The molecule has 0 aliphatic heterocycles. The van der Waals surface area contributed by atoms with Crippen molar-refractivity contribution >= 4 is 11.3 Å². The molecule has 0 bridgehead atoms. The van der Waals surface area contributed by atoms with Crippen LogP contribution in [0.15, 0.2) is 47.2 Å². The SMILES string of the molecule is COc1ccc(-c2cscc2-c2ccc(OC)c(OC)c2)cc1OC. The van der Waals surface area contributed by atoms with Gasteiger partial charge in [-0.2, -0.15) is 11.3 Å². The van der Waals surface area contributed by atoms with Gasteiger partial charge in [0.1, 0.15) is 0 Å². The van der Waals surface area contributed by atoms with E-state index in [2.05, 4.69) is 10.8 Å². The maximum absolute atomic E-state index is 5.43. The lowest BCUT2D eigenvalue weighted by Crippen LogP contribution is -1.92. The summed E-state index contributed by atoms with van der Waals surface area (Å²) in [6.45, 7) is 0. The molecule has 1 heterocycles. The van der Waals surface area contributed by atoms with E-state index in [0.29, 0.717) is 23.0 Å². The lowest BCUT2D eigenvalue weighted by atomic mass is 9.98. The molecule has 0 amide bonds. The first-order valence-electron chi connectivity index (χ1n) is 7.72. The molecule has 3 rings (SSSR count). The van der Waals surface area contributed by atoms with E-state index in [1.807, 2.05) is 36.4 Å². The Morgan fingerprint density at radius 3 is 1.32 bits per heavy atom. The van der Waals surface area contributed by atoms with Gasteiger partial charge in [-0.3, -0.25) is 0 Å². The molecule has 5 heteroatoms. The Morgan fingerprint density at radius 1 is 0.560 bits per heavy atom. The molecule has 1 aromatic heterocycles. The van der Waals surface area contributed by atoms with E-state index in [1.165, 1.54) is 0 Å². The number of benzene rings is 2. The zero-order valence-electron chi connectivity index (χ0n) is 14.7. The number of hydrogen-bond donors (Lipinski definition) is 0. The summed E-state index contributed by atoms with van der Waals surface area (Å²) in [7, 11) is 6.56. The zero-order valence-corrected chi connectivity index (χ0v) is 15.5. The molecule has 0 atom stereocenters. The van der Waals surface area contributed by atoms with Crippen LogP contribution >= 0.6 is 11.3 Å². The molecule has 0 spiro atoms. The fraction of sp³-hybridized carbons (Fsp3) is 0.200. The van der Waals surface area contributed by atoms with Crippen LogP contribution < -0.4 is 18.9 Å². The van der Waals surface area contributed by atoms with Gasteiger partial charge in [0.25, 0.3) is 0 Å². The minimum atomic E-state index is 0.712. The molecule has 0 unspecified atom stereocenters. The van der Waals surface area contributed by atoms with Gasteiger partial charge in [-0.25, -0.2) is 0 Å². The summed E-state index contributed by atoms with van der Waals surface area (Å²) in [6, 6.07) is 11.9. The molecule has 3 aromatic rings. The normalized spacial score (nSPS) is 10.4. The van der Waals surface area contributed by atoms with Gasteiger partial charge in [-0.15, -0.1) is 0 Å². The topological polar surface area (TPSA) is 36.9 Å². The van der Waals surface area contributed by atoms with Crippen LogP contribution in [0.1, 0.15) is 0 Å². The number of hydrogen-bond acceptors (Lipinski definition) is 5. The predicted octanol–water partition coefficient (Wildman–Crippen LogP) is 5.12. The van der Waals surface area contributed by atoms with Crippen LogP contribution in [-0.4, -0.2) is 28.4 Å². The molecule has 0 radical (unpaired) electrons. The van der Waals surface area contributed by atoms with Gasteiger partial charge < -0.3 is 18.9 Å². The Morgan fingerprint density at radius 2 is 0.960 bits per heavy atom. The second-order valence-electron chi connectivity index (χ2n) is 5.34. The maximum Gasteiger partial charge on any atom is 0.161 e. The summed E-state index contributed by atoms with van der Waals surface area (Å²) >= 11 is 1.66. The molecule has 0 aliphatic carbocycles. The van der Waals surface area contributed by atoms with E-state index in [-0.39, 0.29) is 0 Å². The predicted molar refractivity (Wildman–Crippen MR) is 101 cm³/mol. The van der Waals surface area contributed by atoms with Crippen molar-refractivity contribution in [2.75, 3.05) is 28.4 Å². The Bertz CT molecular complexity index is 800. The van der Waals surface area contributed by atoms with E-state index in [0.717, 1.165) is 22.3 Å². The van der Waals surface area contributed by atoms with E-state index in [4.69, 9.17) is 18.9 Å². The quantitative estimate of drug-likeness (QED) is 0.614. The van der Waals surface area contributed by atoms with Crippen LogP contribution in [0.4, 0.5) is 0 Å². The monoisotopic (exact) mass is 356 g/mol. The minimum Gasteiger partial charge on any atom is -0.493 e. The highest BCUT2D eigenvalue weighted by molar-refractivity contribution is 7.08. The molecule has 0 saturated heterocycles. The van der Waals surface area contributed by atoms with E-state index >= 15 is 0 Å². The summed E-state index contributed by atoms with van der Waals surface area (Å²) in [6.07, 6.45) is 0. The van der Waals surface area contributed by atoms with Crippen molar-refractivity contribution in [3.63, 3.8) is 0 Å². The van der Waals surface area contributed by atoms with Gasteiger partial charge in [0.2, 0.25) is 0 Å². The van der Waals surface area contributed by atoms with E-state index in [1.54, 1.807) is 39.8 Å². The first-order chi connectivity index (χ1) is 12.2. The molecule has 130 valence electrons. The fourth-order valence-corrected chi connectivity index (χ4v) is 3.62. The standard InChI is InChI=1S/C20H20O4S/c1-21-17-7-5-13(9-19(17)23-3)15-11-25-12-16(15)14-6-8-18(22-2)20(10-14)24-4/h5-12H,1-4H3. The van der Waals surface area contributed by atoms with Crippen LogP contribution in [0.25, 0.3) is 22.3 Å². The second-order valence-corrected chi connectivity index (χ2v) is 6.08. The van der Waals surface area contributed by atoms with Crippen LogP contribution in [-0.2, 0) is 0 Å². The van der Waals surface area contributed by atoms with Gasteiger partial charge in [0.05, 0.1) is 28.4 Å². The van der Waals surface area contributed by atoms with Gasteiger partial charge >= 0.3 is 0 Å². The lowest BCUT2D eigenvalue weighted by molar-refractivity contribution is 0.355. The van der Waals surface area contributed by atoms with Crippen molar-refractivity contribution in [3.05, 3.63) is 47.2 Å². The summed E-state index contributed by atoms with van der Waals surface area (Å²) in [5, 5.41) is 4.26. The molecular formula is C20H20O4S. The second kappa shape index (κ2) is 7.49. The first kappa shape index (κ1) is 17.2. The number of thiophene rings is 1. The molecule has 0 N–H and O–H groups in total.